The molecule has 0 radical (unpaired) electrons. The molecule has 0 saturated carbocycles. The number of nitrogens with one attached hydrogen (secondary N) is 2. The van der Waals surface area contributed by atoms with Gasteiger partial charge in [0.25, 0.3) is 0 Å². The molecule has 2 rings (SSSR count). The number of hydrogen-bond acceptors (Lipinski definition) is 6. The number of hydrogen-bond donors (Lipinski definition) is 2. The Hall–Kier alpha value is -1.69. The van der Waals surface area contributed by atoms with E-state index in [-0.39, 0.29) is 6.04 Å². The van der Waals surface area contributed by atoms with Gasteiger partial charge in [-0.15, -0.1) is 11.3 Å². The standard InChI is InChI=1S/C15H23N5S/c1-6-12-8-17-15(21-12)10(4)18-14-9(3)13(16-7-2)19-11(5)20-14/h8,10H,6-7H2,1-5H3,(H2,16,18,19,20). The smallest absolute Gasteiger partial charge is 0.135 e. The van der Waals surface area contributed by atoms with Gasteiger partial charge in [-0.1, -0.05) is 6.92 Å². The van der Waals surface area contributed by atoms with E-state index in [1.54, 1.807) is 11.3 Å². The normalized spacial score (nSPS) is 12.2. The zero-order chi connectivity index (χ0) is 15.4. The molecule has 0 spiro atoms. The van der Waals surface area contributed by atoms with Gasteiger partial charge in [-0.2, -0.15) is 0 Å². The summed E-state index contributed by atoms with van der Waals surface area (Å²) in [4.78, 5) is 14.8. The monoisotopic (exact) mass is 305 g/mol. The summed E-state index contributed by atoms with van der Waals surface area (Å²) >= 11 is 1.75. The van der Waals surface area contributed by atoms with Gasteiger partial charge in [0, 0.05) is 23.2 Å². The number of aromatic nitrogens is 3. The van der Waals surface area contributed by atoms with Gasteiger partial charge in [-0.05, 0) is 34.1 Å². The molecule has 0 amide bonds. The minimum atomic E-state index is 0.137. The summed E-state index contributed by atoms with van der Waals surface area (Å²) in [5.74, 6) is 2.53. The van der Waals surface area contributed by atoms with Gasteiger partial charge in [-0.25, -0.2) is 15.0 Å². The van der Waals surface area contributed by atoms with Crippen LogP contribution in [0.15, 0.2) is 6.20 Å². The Bertz CT molecular complexity index is 608. The van der Waals surface area contributed by atoms with Crippen molar-refractivity contribution in [1.82, 2.24) is 15.0 Å². The van der Waals surface area contributed by atoms with Crippen LogP contribution >= 0.6 is 11.3 Å². The fourth-order valence-corrected chi connectivity index (χ4v) is 2.92. The zero-order valence-corrected chi connectivity index (χ0v) is 14.1. The van der Waals surface area contributed by atoms with Crippen LogP contribution in [-0.2, 0) is 6.42 Å². The van der Waals surface area contributed by atoms with Gasteiger partial charge in [0.1, 0.15) is 22.5 Å². The van der Waals surface area contributed by atoms with E-state index in [9.17, 15) is 0 Å². The Morgan fingerprint density at radius 2 is 1.90 bits per heavy atom. The van der Waals surface area contributed by atoms with Crippen LogP contribution in [0.3, 0.4) is 0 Å². The van der Waals surface area contributed by atoms with Crippen molar-refractivity contribution in [2.45, 2.75) is 47.1 Å². The molecule has 5 nitrogen and oxygen atoms in total. The van der Waals surface area contributed by atoms with E-state index in [0.29, 0.717) is 0 Å². The van der Waals surface area contributed by atoms with Crippen molar-refractivity contribution in [1.29, 1.82) is 0 Å². The fourth-order valence-electron chi connectivity index (χ4n) is 2.06. The van der Waals surface area contributed by atoms with Gasteiger partial charge >= 0.3 is 0 Å². The van der Waals surface area contributed by atoms with E-state index in [2.05, 4.69) is 46.4 Å². The average molecular weight is 305 g/mol. The van der Waals surface area contributed by atoms with Crippen molar-refractivity contribution in [2.75, 3.05) is 17.2 Å². The summed E-state index contributed by atoms with van der Waals surface area (Å²) < 4.78 is 0. The van der Waals surface area contributed by atoms with E-state index >= 15 is 0 Å². The first-order valence-electron chi connectivity index (χ1n) is 7.35. The van der Waals surface area contributed by atoms with Crippen LogP contribution in [0.4, 0.5) is 11.6 Å². The number of aryl methyl sites for hydroxylation is 2. The largest absolute Gasteiger partial charge is 0.370 e. The molecule has 0 fully saturated rings. The van der Waals surface area contributed by atoms with Crippen LogP contribution in [0.1, 0.15) is 48.1 Å². The number of thiazole rings is 1. The van der Waals surface area contributed by atoms with Crippen molar-refractivity contribution in [3.05, 3.63) is 27.5 Å². The zero-order valence-electron chi connectivity index (χ0n) is 13.3. The number of nitrogens with zero attached hydrogens (tertiary/aromatic N) is 3. The van der Waals surface area contributed by atoms with Crippen molar-refractivity contribution in [2.24, 2.45) is 0 Å². The SMILES string of the molecule is CCNc1nc(C)nc(NC(C)c2ncc(CC)s2)c1C. The van der Waals surface area contributed by atoms with Crippen LogP contribution in [0.25, 0.3) is 0 Å². The van der Waals surface area contributed by atoms with E-state index < -0.39 is 0 Å². The Morgan fingerprint density at radius 1 is 1.19 bits per heavy atom. The quantitative estimate of drug-likeness (QED) is 0.851. The highest BCUT2D eigenvalue weighted by atomic mass is 32.1. The van der Waals surface area contributed by atoms with Crippen LogP contribution in [0, 0.1) is 13.8 Å². The lowest BCUT2D eigenvalue weighted by atomic mass is 10.2. The second-order valence-electron chi connectivity index (χ2n) is 5.01. The van der Waals surface area contributed by atoms with E-state index in [1.807, 2.05) is 20.0 Å². The number of anilines is 2. The number of rotatable bonds is 6. The molecule has 0 bridgehead atoms. The lowest BCUT2D eigenvalue weighted by Crippen LogP contribution is -2.12. The minimum absolute atomic E-state index is 0.137. The maximum Gasteiger partial charge on any atom is 0.135 e. The van der Waals surface area contributed by atoms with Gasteiger partial charge in [0.2, 0.25) is 0 Å². The fraction of sp³-hybridized carbons (Fsp3) is 0.533. The molecular weight excluding hydrogens is 282 g/mol. The Balaban J connectivity index is 2.22. The molecule has 2 N–H and O–H groups in total. The minimum Gasteiger partial charge on any atom is -0.370 e. The van der Waals surface area contributed by atoms with Crippen molar-refractivity contribution in [3.63, 3.8) is 0 Å². The third-order valence-electron chi connectivity index (χ3n) is 3.25. The lowest BCUT2D eigenvalue weighted by Gasteiger charge is -2.16. The van der Waals surface area contributed by atoms with E-state index in [0.717, 1.165) is 41.0 Å². The highest BCUT2D eigenvalue weighted by Gasteiger charge is 2.14. The van der Waals surface area contributed by atoms with Crippen LogP contribution in [0.5, 0.6) is 0 Å². The molecular formula is C15H23N5S. The molecule has 0 saturated heterocycles. The second kappa shape index (κ2) is 6.85. The molecule has 114 valence electrons. The lowest BCUT2D eigenvalue weighted by molar-refractivity contribution is 0.850. The summed E-state index contributed by atoms with van der Waals surface area (Å²) in [5.41, 5.74) is 1.04. The molecule has 21 heavy (non-hydrogen) atoms. The molecule has 0 aliphatic heterocycles. The van der Waals surface area contributed by atoms with Crippen molar-refractivity contribution >= 4 is 23.0 Å². The average Bonchev–Trinajstić information content (AvgIpc) is 2.93. The third kappa shape index (κ3) is 3.69. The first kappa shape index (κ1) is 15.7. The summed E-state index contributed by atoms with van der Waals surface area (Å²) in [6, 6.07) is 0.137. The molecule has 1 unspecified atom stereocenters. The molecule has 2 aromatic heterocycles. The molecule has 0 aromatic carbocycles. The van der Waals surface area contributed by atoms with Gasteiger partial charge in [0.15, 0.2) is 0 Å². The van der Waals surface area contributed by atoms with Crippen LogP contribution < -0.4 is 10.6 Å². The highest BCUT2D eigenvalue weighted by Crippen LogP contribution is 2.26. The van der Waals surface area contributed by atoms with Crippen molar-refractivity contribution < 1.29 is 0 Å². The maximum atomic E-state index is 4.52. The predicted octanol–water partition coefficient (Wildman–Crippen LogP) is 3.72. The topological polar surface area (TPSA) is 62.7 Å². The molecule has 2 heterocycles. The molecule has 1 atom stereocenters. The predicted molar refractivity (Wildman–Crippen MR) is 89.2 cm³/mol. The first-order valence-corrected chi connectivity index (χ1v) is 8.17. The second-order valence-corrected chi connectivity index (χ2v) is 6.15. The Labute approximate surface area is 130 Å². The van der Waals surface area contributed by atoms with E-state index in [4.69, 9.17) is 0 Å². The highest BCUT2D eigenvalue weighted by molar-refractivity contribution is 7.11. The van der Waals surface area contributed by atoms with Crippen LogP contribution in [-0.4, -0.2) is 21.5 Å². The van der Waals surface area contributed by atoms with Gasteiger partial charge in [-0.3, -0.25) is 0 Å². The van der Waals surface area contributed by atoms with Gasteiger partial charge in [0.05, 0.1) is 6.04 Å². The molecule has 6 heteroatoms. The van der Waals surface area contributed by atoms with Crippen LogP contribution in [0.2, 0.25) is 0 Å². The summed E-state index contributed by atoms with van der Waals surface area (Å²) in [5, 5.41) is 7.83. The molecule has 0 aliphatic carbocycles. The van der Waals surface area contributed by atoms with Gasteiger partial charge < -0.3 is 10.6 Å². The molecule has 2 aromatic rings. The summed E-state index contributed by atoms with van der Waals surface area (Å²) in [6.07, 6.45) is 2.99. The Kier molecular flexibility index (Phi) is 5.12. The summed E-state index contributed by atoms with van der Waals surface area (Å²) in [6.45, 7) is 11.1. The van der Waals surface area contributed by atoms with E-state index in [1.165, 1.54) is 4.88 Å². The molecule has 0 aliphatic rings. The van der Waals surface area contributed by atoms with Crippen molar-refractivity contribution in [3.8, 4) is 0 Å². The first-order chi connectivity index (χ1) is 10.0. The maximum absolute atomic E-state index is 4.52. The third-order valence-corrected chi connectivity index (χ3v) is 4.57. The summed E-state index contributed by atoms with van der Waals surface area (Å²) in [7, 11) is 0. The Morgan fingerprint density at radius 3 is 2.52 bits per heavy atom.